The molecule has 0 aliphatic carbocycles. The molecule has 0 atom stereocenters. The molecule has 28 heavy (non-hydrogen) atoms. The minimum Gasteiger partial charge on any atom is -0.465 e. The molecule has 1 heterocycles. The zero-order valence-corrected chi connectivity index (χ0v) is 17.7. The first-order chi connectivity index (χ1) is 13.2. The van der Waals surface area contributed by atoms with Gasteiger partial charge in [0.05, 0.1) is 27.8 Å². The Morgan fingerprint density at radius 3 is 2.57 bits per heavy atom. The van der Waals surface area contributed by atoms with Gasteiger partial charge in [-0.15, -0.1) is 0 Å². The van der Waals surface area contributed by atoms with Crippen molar-refractivity contribution in [3.8, 4) is 5.69 Å². The van der Waals surface area contributed by atoms with Crippen LogP contribution < -0.4 is 0 Å². The Morgan fingerprint density at radius 1 is 1.21 bits per heavy atom. The second-order valence-electron chi connectivity index (χ2n) is 5.94. The lowest BCUT2D eigenvalue weighted by Gasteiger charge is -2.11. The molecule has 0 fully saturated rings. The van der Waals surface area contributed by atoms with Crippen LogP contribution in [0.2, 0.25) is 5.02 Å². The average molecular weight is 485 g/mol. The van der Waals surface area contributed by atoms with Gasteiger partial charge in [-0.3, -0.25) is 0 Å². The number of hydrogen-bond acceptors (Lipinski definition) is 4. The standard InChI is InChI=1S/C18H15BrClN3O4S/c1-22(18(24)25)11-13-10-17(23(21-13)16-8-3-2-7-15(16)20)28(26,27)14-6-4-5-12(19)9-14/h2-10H,11H2,1H3,(H,24,25). The van der Waals surface area contributed by atoms with Crippen LogP contribution in [-0.2, 0) is 16.4 Å². The van der Waals surface area contributed by atoms with E-state index in [1.165, 1.54) is 29.9 Å². The smallest absolute Gasteiger partial charge is 0.407 e. The van der Waals surface area contributed by atoms with E-state index in [0.717, 1.165) is 4.90 Å². The van der Waals surface area contributed by atoms with E-state index in [1.807, 2.05) is 0 Å². The van der Waals surface area contributed by atoms with E-state index < -0.39 is 15.9 Å². The summed E-state index contributed by atoms with van der Waals surface area (Å²) in [6.07, 6.45) is -1.15. The maximum Gasteiger partial charge on any atom is 0.407 e. The average Bonchev–Trinajstić information content (AvgIpc) is 3.06. The zero-order chi connectivity index (χ0) is 20.5. The van der Waals surface area contributed by atoms with Crippen molar-refractivity contribution in [2.24, 2.45) is 0 Å². The van der Waals surface area contributed by atoms with E-state index in [-0.39, 0.29) is 22.2 Å². The summed E-state index contributed by atoms with van der Waals surface area (Å²) in [5.41, 5.74) is 0.653. The third-order valence-electron chi connectivity index (χ3n) is 3.92. The lowest BCUT2D eigenvalue weighted by molar-refractivity contribution is 0.153. The molecule has 7 nitrogen and oxygen atoms in total. The van der Waals surface area contributed by atoms with Gasteiger partial charge in [-0.2, -0.15) is 5.10 Å². The van der Waals surface area contributed by atoms with Crippen molar-refractivity contribution in [3.63, 3.8) is 0 Å². The van der Waals surface area contributed by atoms with Gasteiger partial charge in [-0.1, -0.05) is 45.7 Å². The first kappa shape index (κ1) is 20.4. The maximum absolute atomic E-state index is 13.3. The van der Waals surface area contributed by atoms with Crippen LogP contribution in [0.3, 0.4) is 0 Å². The molecular formula is C18H15BrClN3O4S. The minimum absolute atomic E-state index is 0.0756. The molecule has 2 aromatic carbocycles. The van der Waals surface area contributed by atoms with Crippen LogP contribution in [-0.4, -0.2) is 41.3 Å². The van der Waals surface area contributed by atoms with E-state index in [0.29, 0.717) is 15.2 Å². The summed E-state index contributed by atoms with van der Waals surface area (Å²) in [5, 5.41) is 13.6. The highest BCUT2D eigenvalue weighted by molar-refractivity contribution is 9.10. The number of aromatic nitrogens is 2. The van der Waals surface area contributed by atoms with Crippen LogP contribution >= 0.6 is 27.5 Å². The fourth-order valence-electron chi connectivity index (χ4n) is 2.54. The first-order valence-corrected chi connectivity index (χ1v) is 10.6. The zero-order valence-electron chi connectivity index (χ0n) is 14.6. The molecule has 1 amide bonds. The van der Waals surface area contributed by atoms with Gasteiger partial charge in [0, 0.05) is 17.6 Å². The molecule has 1 N–H and O–H groups in total. The van der Waals surface area contributed by atoms with Crippen LogP contribution in [0.25, 0.3) is 5.69 Å². The van der Waals surface area contributed by atoms with Gasteiger partial charge < -0.3 is 10.0 Å². The fourth-order valence-corrected chi connectivity index (χ4v) is 4.75. The highest BCUT2D eigenvalue weighted by atomic mass is 79.9. The van der Waals surface area contributed by atoms with Gasteiger partial charge in [-0.25, -0.2) is 17.9 Å². The highest BCUT2D eigenvalue weighted by Gasteiger charge is 2.26. The topological polar surface area (TPSA) is 92.5 Å². The Balaban J connectivity index is 2.20. The quantitative estimate of drug-likeness (QED) is 0.585. The molecule has 0 saturated carbocycles. The monoisotopic (exact) mass is 483 g/mol. The summed E-state index contributed by atoms with van der Waals surface area (Å²) in [7, 11) is -2.57. The lowest BCUT2D eigenvalue weighted by Crippen LogP contribution is -2.24. The second kappa shape index (κ2) is 7.94. The molecule has 0 radical (unpaired) electrons. The van der Waals surface area contributed by atoms with Crippen molar-refractivity contribution in [3.05, 3.63) is 69.8 Å². The Kier molecular flexibility index (Phi) is 5.78. The molecule has 0 aliphatic rings. The molecular weight excluding hydrogens is 470 g/mol. The lowest BCUT2D eigenvalue weighted by atomic mass is 10.3. The van der Waals surface area contributed by atoms with Gasteiger partial charge in [0.2, 0.25) is 9.84 Å². The Hall–Kier alpha value is -2.36. The number of para-hydroxylation sites is 1. The first-order valence-electron chi connectivity index (χ1n) is 7.98. The summed E-state index contributed by atoms with van der Waals surface area (Å²) >= 11 is 9.53. The molecule has 3 rings (SSSR count). The van der Waals surface area contributed by atoms with Crippen molar-refractivity contribution in [2.45, 2.75) is 16.5 Å². The van der Waals surface area contributed by atoms with E-state index in [1.54, 1.807) is 36.4 Å². The van der Waals surface area contributed by atoms with Gasteiger partial charge in [0.25, 0.3) is 0 Å². The normalized spacial score (nSPS) is 11.4. The number of benzene rings is 2. The van der Waals surface area contributed by atoms with Gasteiger partial charge in [-0.05, 0) is 30.3 Å². The number of rotatable bonds is 5. The van der Waals surface area contributed by atoms with Crippen LogP contribution in [0, 0.1) is 0 Å². The number of nitrogens with zero attached hydrogens (tertiary/aromatic N) is 3. The summed E-state index contributed by atoms with van der Waals surface area (Å²) in [4.78, 5) is 12.2. The molecule has 3 aromatic rings. The number of sulfone groups is 1. The molecule has 0 unspecified atom stereocenters. The van der Waals surface area contributed by atoms with E-state index in [4.69, 9.17) is 16.7 Å². The van der Waals surface area contributed by atoms with Crippen molar-refractivity contribution in [2.75, 3.05) is 7.05 Å². The third kappa shape index (κ3) is 4.06. The van der Waals surface area contributed by atoms with Crippen molar-refractivity contribution in [1.82, 2.24) is 14.7 Å². The molecule has 0 saturated heterocycles. The van der Waals surface area contributed by atoms with Crippen molar-refractivity contribution in [1.29, 1.82) is 0 Å². The van der Waals surface area contributed by atoms with E-state index in [9.17, 15) is 13.2 Å². The maximum atomic E-state index is 13.3. The van der Waals surface area contributed by atoms with E-state index in [2.05, 4.69) is 21.0 Å². The number of halogens is 2. The third-order valence-corrected chi connectivity index (χ3v) is 6.44. The predicted octanol–water partition coefficient (Wildman–Crippen LogP) is 4.23. The SMILES string of the molecule is CN(Cc1cc(S(=O)(=O)c2cccc(Br)c2)n(-c2ccccc2Cl)n1)C(=O)O. The molecule has 0 bridgehead atoms. The van der Waals surface area contributed by atoms with Gasteiger partial charge in [0.15, 0.2) is 5.03 Å². The largest absolute Gasteiger partial charge is 0.465 e. The second-order valence-corrected chi connectivity index (χ2v) is 9.16. The summed E-state index contributed by atoms with van der Waals surface area (Å²) in [6.45, 7) is -0.0756. The van der Waals surface area contributed by atoms with Gasteiger partial charge in [0.1, 0.15) is 0 Å². The van der Waals surface area contributed by atoms with Crippen molar-refractivity contribution < 1.29 is 18.3 Å². The fraction of sp³-hybridized carbons (Fsp3) is 0.111. The summed E-state index contributed by atoms with van der Waals surface area (Å²) < 4.78 is 28.4. The van der Waals surface area contributed by atoms with Crippen LogP contribution in [0.5, 0.6) is 0 Å². The highest BCUT2D eigenvalue weighted by Crippen LogP contribution is 2.29. The van der Waals surface area contributed by atoms with Crippen LogP contribution in [0.15, 0.2) is 69.0 Å². The van der Waals surface area contributed by atoms with Crippen LogP contribution in [0.1, 0.15) is 5.69 Å². The van der Waals surface area contributed by atoms with Crippen molar-refractivity contribution >= 4 is 43.5 Å². The number of amides is 1. The summed E-state index contributed by atoms with van der Waals surface area (Å²) in [6, 6.07) is 14.4. The van der Waals surface area contributed by atoms with Crippen LogP contribution in [0.4, 0.5) is 4.79 Å². The number of carbonyl (C=O) groups is 1. The minimum atomic E-state index is -3.95. The number of carboxylic acid groups (broad SMARTS) is 1. The number of hydrogen-bond donors (Lipinski definition) is 1. The molecule has 10 heteroatoms. The van der Waals surface area contributed by atoms with E-state index >= 15 is 0 Å². The summed E-state index contributed by atoms with van der Waals surface area (Å²) in [5.74, 6) is 0. The Labute approximate surface area is 175 Å². The molecule has 0 aliphatic heterocycles. The molecule has 1 aromatic heterocycles. The molecule has 146 valence electrons. The van der Waals surface area contributed by atoms with Gasteiger partial charge >= 0.3 is 6.09 Å². The molecule has 0 spiro atoms. The predicted molar refractivity (Wildman–Crippen MR) is 108 cm³/mol. The Morgan fingerprint density at radius 2 is 1.93 bits per heavy atom. The Bertz CT molecular complexity index is 1150.